The van der Waals surface area contributed by atoms with Crippen molar-refractivity contribution in [2.75, 3.05) is 13.7 Å². The highest BCUT2D eigenvalue weighted by Gasteiger charge is 2.12. The van der Waals surface area contributed by atoms with Gasteiger partial charge in [-0.05, 0) is 33.0 Å². The number of hydrogen-bond donors (Lipinski definition) is 2. The van der Waals surface area contributed by atoms with E-state index in [0.29, 0.717) is 0 Å². The van der Waals surface area contributed by atoms with Gasteiger partial charge in [-0.15, -0.1) is 0 Å². The van der Waals surface area contributed by atoms with Gasteiger partial charge in [-0.25, -0.2) is 8.42 Å². The van der Waals surface area contributed by atoms with Crippen molar-refractivity contribution in [1.82, 2.24) is 10.0 Å². The molecule has 2 N–H and O–H groups in total. The molecule has 0 aliphatic rings. The van der Waals surface area contributed by atoms with E-state index in [1.807, 2.05) is 6.92 Å². The summed E-state index contributed by atoms with van der Waals surface area (Å²) in [7, 11) is -1.73. The predicted octanol–water partition coefficient (Wildman–Crippen LogP) is 1.12. The summed E-state index contributed by atoms with van der Waals surface area (Å²) in [6, 6.07) is 0. The molecule has 0 heterocycles. The van der Waals surface area contributed by atoms with E-state index in [4.69, 9.17) is 0 Å². The molecule has 0 fully saturated rings. The van der Waals surface area contributed by atoms with Crippen LogP contribution in [0.2, 0.25) is 0 Å². The lowest BCUT2D eigenvalue weighted by atomic mass is 10.4. The fourth-order valence-corrected chi connectivity index (χ4v) is 1.91. The van der Waals surface area contributed by atoms with Gasteiger partial charge in [0.25, 0.3) is 0 Å². The summed E-state index contributed by atoms with van der Waals surface area (Å²) >= 11 is 0. The van der Waals surface area contributed by atoms with Gasteiger partial charge in [0.1, 0.15) is 0 Å². The Labute approximate surface area is 91.8 Å². The maximum absolute atomic E-state index is 11.7. The number of rotatable bonds is 6. The van der Waals surface area contributed by atoms with Crippen molar-refractivity contribution in [2.45, 2.75) is 13.8 Å². The summed E-state index contributed by atoms with van der Waals surface area (Å²) in [5.41, 5.74) is 0. The van der Waals surface area contributed by atoms with Gasteiger partial charge in [0.05, 0.1) is 11.6 Å². The normalized spacial score (nSPS) is 14.2. The average Bonchev–Trinajstić information content (AvgIpc) is 2.21. The molecule has 0 aromatic carbocycles. The second-order valence-corrected chi connectivity index (χ2v) is 4.54. The van der Waals surface area contributed by atoms with Crippen molar-refractivity contribution < 1.29 is 8.42 Å². The molecular formula is C10H18N2O2S. The quantitative estimate of drug-likeness (QED) is 0.531. The van der Waals surface area contributed by atoms with Crippen LogP contribution in [0, 0.1) is 0 Å². The van der Waals surface area contributed by atoms with E-state index in [2.05, 4.69) is 10.0 Å². The molecule has 0 unspecified atom stereocenters. The van der Waals surface area contributed by atoms with Crippen LogP contribution in [0.15, 0.2) is 35.3 Å². The molecule has 0 saturated carbocycles. The summed E-state index contributed by atoms with van der Waals surface area (Å²) < 4.78 is 25.8. The Balaban J connectivity index is 4.91. The molecule has 4 nitrogen and oxygen atoms in total. The first-order valence-electron chi connectivity index (χ1n) is 4.68. The molecule has 0 aliphatic carbocycles. The van der Waals surface area contributed by atoms with Gasteiger partial charge in [0, 0.05) is 0 Å². The smallest absolute Gasteiger partial charge is 0.241 e. The second-order valence-electron chi connectivity index (χ2n) is 2.77. The average molecular weight is 230 g/mol. The van der Waals surface area contributed by atoms with Crippen molar-refractivity contribution in [3.8, 4) is 0 Å². The first-order chi connectivity index (χ1) is 7.08. The Morgan fingerprint density at radius 2 is 1.93 bits per heavy atom. The summed E-state index contributed by atoms with van der Waals surface area (Å²) in [5.74, 6) is 0. The van der Waals surface area contributed by atoms with Crippen molar-refractivity contribution in [2.24, 2.45) is 0 Å². The predicted molar refractivity (Wildman–Crippen MR) is 63.7 cm³/mol. The molecule has 0 bridgehead atoms. The van der Waals surface area contributed by atoms with Crippen LogP contribution < -0.4 is 10.0 Å². The molecule has 0 aromatic heterocycles. The Morgan fingerprint density at radius 3 is 2.40 bits per heavy atom. The van der Waals surface area contributed by atoms with E-state index < -0.39 is 10.0 Å². The van der Waals surface area contributed by atoms with Crippen LogP contribution in [0.5, 0.6) is 0 Å². The van der Waals surface area contributed by atoms with Crippen molar-refractivity contribution in [3.05, 3.63) is 35.3 Å². The third-order valence-electron chi connectivity index (χ3n) is 1.53. The monoisotopic (exact) mass is 230 g/mol. The topological polar surface area (TPSA) is 58.2 Å². The zero-order chi connectivity index (χ0) is 11.7. The van der Waals surface area contributed by atoms with Crippen molar-refractivity contribution >= 4 is 10.0 Å². The Bertz CT molecular complexity index is 354. The maximum atomic E-state index is 11.7. The van der Waals surface area contributed by atoms with Crippen LogP contribution in [0.3, 0.4) is 0 Å². The maximum Gasteiger partial charge on any atom is 0.241 e. The summed E-state index contributed by atoms with van der Waals surface area (Å²) in [4.78, 5) is 0.248. The fraction of sp³-hybridized carbons (Fsp3) is 0.400. The van der Waals surface area contributed by atoms with Gasteiger partial charge >= 0.3 is 0 Å². The molecule has 15 heavy (non-hydrogen) atoms. The lowest BCUT2D eigenvalue weighted by molar-refractivity contribution is 0.584. The lowest BCUT2D eigenvalue weighted by Crippen LogP contribution is -2.32. The largest absolute Gasteiger partial charge is 0.307 e. The van der Waals surface area contributed by atoms with Gasteiger partial charge < -0.3 is 5.32 Å². The lowest BCUT2D eigenvalue weighted by Gasteiger charge is -2.05. The summed E-state index contributed by atoms with van der Waals surface area (Å²) in [6.07, 6.45) is 8.26. The van der Waals surface area contributed by atoms with Crippen molar-refractivity contribution in [3.63, 3.8) is 0 Å². The molecule has 0 radical (unpaired) electrons. The Kier molecular flexibility index (Phi) is 6.94. The van der Waals surface area contributed by atoms with Gasteiger partial charge in [0.2, 0.25) is 10.0 Å². The minimum Gasteiger partial charge on any atom is -0.307 e. The zero-order valence-electron chi connectivity index (χ0n) is 9.32. The van der Waals surface area contributed by atoms with Crippen LogP contribution in [-0.2, 0) is 10.0 Å². The van der Waals surface area contributed by atoms with E-state index in [1.54, 1.807) is 44.4 Å². The van der Waals surface area contributed by atoms with Gasteiger partial charge in [-0.3, -0.25) is 0 Å². The fourth-order valence-electron chi connectivity index (χ4n) is 0.841. The SMILES string of the molecule is C\C=C/C=C(\C=C/C)S(=O)(=O)NCNC. The van der Waals surface area contributed by atoms with Crippen LogP contribution in [0.4, 0.5) is 0 Å². The van der Waals surface area contributed by atoms with Crippen LogP contribution >= 0.6 is 0 Å². The molecule has 0 aliphatic heterocycles. The van der Waals surface area contributed by atoms with Gasteiger partial charge in [-0.1, -0.05) is 18.2 Å². The highest BCUT2D eigenvalue weighted by Crippen LogP contribution is 2.06. The van der Waals surface area contributed by atoms with Crippen LogP contribution in [0.1, 0.15) is 13.8 Å². The molecule has 0 amide bonds. The van der Waals surface area contributed by atoms with E-state index in [-0.39, 0.29) is 11.6 Å². The standard InChI is InChI=1S/C10H18N2O2S/c1-4-6-8-10(7-5-2)15(13,14)12-9-11-3/h4-8,11-12H,9H2,1-3H3/b6-4-,7-5-,10-8+. The number of sulfonamides is 1. The first-order valence-corrected chi connectivity index (χ1v) is 6.16. The molecule has 5 heteroatoms. The second kappa shape index (κ2) is 7.39. The van der Waals surface area contributed by atoms with E-state index in [9.17, 15) is 8.42 Å². The van der Waals surface area contributed by atoms with E-state index in [0.717, 1.165) is 0 Å². The number of hydrogen-bond acceptors (Lipinski definition) is 3. The minimum absolute atomic E-state index is 0.215. The number of nitrogens with one attached hydrogen (secondary N) is 2. The summed E-state index contributed by atoms with van der Waals surface area (Å²) in [5, 5.41) is 2.72. The van der Waals surface area contributed by atoms with E-state index >= 15 is 0 Å². The highest BCUT2D eigenvalue weighted by molar-refractivity contribution is 7.93. The van der Waals surface area contributed by atoms with Crippen LogP contribution in [-0.4, -0.2) is 22.1 Å². The molecule has 0 spiro atoms. The summed E-state index contributed by atoms with van der Waals surface area (Å²) in [6.45, 7) is 3.82. The molecule has 0 aromatic rings. The first kappa shape index (κ1) is 14.1. The molecule has 0 atom stereocenters. The molecule has 0 rings (SSSR count). The molecule has 0 saturated heterocycles. The molecule has 86 valence electrons. The Hall–Kier alpha value is -0.910. The third kappa shape index (κ3) is 5.51. The third-order valence-corrected chi connectivity index (χ3v) is 2.95. The Morgan fingerprint density at radius 1 is 1.27 bits per heavy atom. The number of allylic oxidation sites excluding steroid dienone is 5. The van der Waals surface area contributed by atoms with Gasteiger partial charge in [-0.2, -0.15) is 4.72 Å². The van der Waals surface area contributed by atoms with Crippen LogP contribution in [0.25, 0.3) is 0 Å². The van der Waals surface area contributed by atoms with Crippen molar-refractivity contribution in [1.29, 1.82) is 0 Å². The highest BCUT2D eigenvalue weighted by atomic mass is 32.2. The molecular weight excluding hydrogens is 212 g/mol. The minimum atomic E-state index is -3.41. The van der Waals surface area contributed by atoms with E-state index in [1.165, 1.54) is 0 Å². The van der Waals surface area contributed by atoms with Gasteiger partial charge in [0.15, 0.2) is 0 Å². The zero-order valence-corrected chi connectivity index (χ0v) is 10.1.